The summed E-state index contributed by atoms with van der Waals surface area (Å²) in [6.07, 6.45) is 1.22. The number of benzene rings is 1. The van der Waals surface area contributed by atoms with E-state index in [1.54, 1.807) is 12.1 Å². The van der Waals surface area contributed by atoms with Gasteiger partial charge in [-0.1, -0.05) is 17.7 Å². The Kier molecular flexibility index (Phi) is 4.27. The fourth-order valence-electron chi connectivity index (χ4n) is 2.11. The van der Waals surface area contributed by atoms with Crippen molar-refractivity contribution in [1.82, 2.24) is 10.2 Å². The van der Waals surface area contributed by atoms with Crippen molar-refractivity contribution in [1.29, 1.82) is 0 Å². The van der Waals surface area contributed by atoms with Crippen LogP contribution in [-0.4, -0.2) is 45.8 Å². The lowest BCUT2D eigenvalue weighted by Gasteiger charge is -2.27. The Labute approximate surface area is 113 Å². The second-order valence-corrected chi connectivity index (χ2v) is 6.97. The highest BCUT2D eigenvalue weighted by molar-refractivity contribution is 7.90. The Morgan fingerprint density at radius 3 is 2.61 bits per heavy atom. The van der Waals surface area contributed by atoms with Gasteiger partial charge in [0, 0.05) is 44.0 Å². The first-order chi connectivity index (χ1) is 8.47. The molecule has 0 radical (unpaired) electrons. The molecular formula is C12H17ClN2O2S. The molecule has 18 heavy (non-hydrogen) atoms. The largest absolute Gasteiger partial charge is 0.314 e. The summed E-state index contributed by atoms with van der Waals surface area (Å²) in [4.78, 5) is 2.59. The Hall–Kier alpha value is -0.620. The van der Waals surface area contributed by atoms with Crippen LogP contribution in [0.2, 0.25) is 5.02 Å². The molecule has 6 heteroatoms. The smallest absolute Gasteiger partial charge is 0.175 e. The van der Waals surface area contributed by atoms with Gasteiger partial charge in [-0.3, -0.25) is 4.90 Å². The highest BCUT2D eigenvalue weighted by Crippen LogP contribution is 2.22. The van der Waals surface area contributed by atoms with Crippen LogP contribution < -0.4 is 5.32 Å². The molecule has 1 aromatic carbocycles. The van der Waals surface area contributed by atoms with Crippen molar-refractivity contribution in [2.45, 2.75) is 11.4 Å². The summed E-state index contributed by atoms with van der Waals surface area (Å²) in [5.74, 6) is 0. The van der Waals surface area contributed by atoms with Crippen LogP contribution in [-0.2, 0) is 16.4 Å². The summed E-state index contributed by atoms with van der Waals surface area (Å²) in [6.45, 7) is 4.42. The van der Waals surface area contributed by atoms with E-state index in [1.165, 1.54) is 12.3 Å². The minimum atomic E-state index is -3.23. The number of halogens is 1. The minimum absolute atomic E-state index is 0.341. The van der Waals surface area contributed by atoms with Crippen molar-refractivity contribution in [2.75, 3.05) is 32.4 Å². The third-order valence-electron chi connectivity index (χ3n) is 3.03. The van der Waals surface area contributed by atoms with Gasteiger partial charge in [-0.05, 0) is 17.7 Å². The van der Waals surface area contributed by atoms with E-state index in [1.807, 2.05) is 0 Å². The van der Waals surface area contributed by atoms with Gasteiger partial charge in [-0.2, -0.15) is 0 Å². The molecule has 1 N–H and O–H groups in total. The molecule has 0 amide bonds. The van der Waals surface area contributed by atoms with Crippen molar-refractivity contribution < 1.29 is 8.42 Å². The average molecular weight is 289 g/mol. The van der Waals surface area contributed by atoms with Crippen LogP contribution >= 0.6 is 11.6 Å². The van der Waals surface area contributed by atoms with Crippen LogP contribution in [0.1, 0.15) is 5.56 Å². The molecule has 0 bridgehead atoms. The van der Waals surface area contributed by atoms with Gasteiger partial charge < -0.3 is 5.32 Å². The molecule has 0 atom stereocenters. The molecule has 1 heterocycles. The van der Waals surface area contributed by atoms with Gasteiger partial charge in [-0.25, -0.2) is 8.42 Å². The lowest BCUT2D eigenvalue weighted by atomic mass is 10.2. The van der Waals surface area contributed by atoms with E-state index in [9.17, 15) is 8.42 Å². The monoisotopic (exact) mass is 288 g/mol. The normalized spacial score (nSPS) is 17.9. The van der Waals surface area contributed by atoms with Gasteiger partial charge in [0.2, 0.25) is 0 Å². The van der Waals surface area contributed by atoms with Crippen LogP contribution in [0.5, 0.6) is 0 Å². The van der Waals surface area contributed by atoms with Crippen molar-refractivity contribution >= 4 is 21.4 Å². The fraction of sp³-hybridized carbons (Fsp3) is 0.500. The quantitative estimate of drug-likeness (QED) is 0.906. The molecule has 2 rings (SSSR count). The zero-order valence-corrected chi connectivity index (χ0v) is 11.9. The van der Waals surface area contributed by atoms with E-state index in [2.05, 4.69) is 10.2 Å². The van der Waals surface area contributed by atoms with E-state index in [0.717, 1.165) is 31.7 Å². The summed E-state index contributed by atoms with van der Waals surface area (Å²) in [6, 6.07) is 5.09. The van der Waals surface area contributed by atoms with Crippen molar-refractivity contribution in [3.63, 3.8) is 0 Å². The molecule has 0 aromatic heterocycles. The molecule has 1 aliphatic heterocycles. The molecular weight excluding hydrogens is 272 g/mol. The summed E-state index contributed by atoms with van der Waals surface area (Å²) in [7, 11) is -3.23. The third kappa shape index (κ3) is 3.45. The second-order valence-electron chi connectivity index (χ2n) is 4.55. The molecule has 4 nitrogen and oxygen atoms in total. The van der Waals surface area contributed by atoms with Gasteiger partial charge in [-0.15, -0.1) is 0 Å². The van der Waals surface area contributed by atoms with E-state index in [-0.39, 0.29) is 0 Å². The molecule has 0 unspecified atom stereocenters. The zero-order chi connectivity index (χ0) is 13.2. The maximum Gasteiger partial charge on any atom is 0.175 e. The van der Waals surface area contributed by atoms with Crippen LogP contribution in [0.25, 0.3) is 0 Å². The number of rotatable bonds is 3. The van der Waals surface area contributed by atoms with Crippen molar-refractivity contribution in [3.8, 4) is 0 Å². The van der Waals surface area contributed by atoms with Crippen molar-refractivity contribution in [3.05, 3.63) is 28.8 Å². The van der Waals surface area contributed by atoms with E-state index in [4.69, 9.17) is 11.6 Å². The molecule has 1 saturated heterocycles. The van der Waals surface area contributed by atoms with Crippen LogP contribution in [0.15, 0.2) is 23.1 Å². The number of sulfone groups is 1. The molecule has 100 valence electrons. The maximum atomic E-state index is 11.8. The van der Waals surface area contributed by atoms with Crippen molar-refractivity contribution in [2.24, 2.45) is 0 Å². The first-order valence-electron chi connectivity index (χ1n) is 5.88. The van der Waals surface area contributed by atoms with Crippen LogP contribution in [0.3, 0.4) is 0 Å². The molecule has 0 saturated carbocycles. The average Bonchev–Trinajstić information content (AvgIpc) is 2.31. The van der Waals surface area contributed by atoms with Crippen LogP contribution in [0.4, 0.5) is 0 Å². The first kappa shape index (κ1) is 13.8. The van der Waals surface area contributed by atoms with Gasteiger partial charge in [0.15, 0.2) is 9.84 Å². The lowest BCUT2D eigenvalue weighted by molar-refractivity contribution is 0.231. The second kappa shape index (κ2) is 5.57. The highest BCUT2D eigenvalue weighted by atomic mass is 35.5. The first-order valence-corrected chi connectivity index (χ1v) is 8.15. The molecule has 1 aliphatic rings. The lowest BCUT2D eigenvalue weighted by Crippen LogP contribution is -2.43. The number of nitrogens with one attached hydrogen (secondary N) is 1. The van der Waals surface area contributed by atoms with E-state index >= 15 is 0 Å². The highest BCUT2D eigenvalue weighted by Gasteiger charge is 2.17. The number of hydrogen-bond acceptors (Lipinski definition) is 4. The van der Waals surface area contributed by atoms with E-state index < -0.39 is 9.84 Å². The standard InChI is InChI=1S/C12H17ClN2O2S/c1-18(16,17)12-8-11(13)3-2-10(12)9-15-6-4-14-5-7-15/h2-3,8,14H,4-7,9H2,1H3. The molecule has 0 aliphatic carbocycles. The Morgan fingerprint density at radius 2 is 2.00 bits per heavy atom. The van der Waals surface area contributed by atoms with Gasteiger partial charge in [0.1, 0.15) is 0 Å². The molecule has 0 spiro atoms. The van der Waals surface area contributed by atoms with Gasteiger partial charge >= 0.3 is 0 Å². The predicted molar refractivity (Wildman–Crippen MR) is 72.7 cm³/mol. The Balaban J connectivity index is 2.26. The Morgan fingerprint density at radius 1 is 1.33 bits per heavy atom. The predicted octanol–water partition coefficient (Wildman–Crippen LogP) is 1.15. The number of piperazine rings is 1. The molecule has 1 aromatic rings. The summed E-state index contributed by atoms with van der Waals surface area (Å²) in [5, 5.41) is 3.73. The van der Waals surface area contributed by atoms with Gasteiger partial charge in [0.05, 0.1) is 4.90 Å². The minimum Gasteiger partial charge on any atom is -0.314 e. The Bertz CT molecular complexity index is 525. The number of hydrogen-bond donors (Lipinski definition) is 1. The topological polar surface area (TPSA) is 49.4 Å². The summed E-state index contributed by atoms with van der Waals surface area (Å²) >= 11 is 5.88. The van der Waals surface area contributed by atoms with Crippen LogP contribution in [0, 0.1) is 0 Å². The van der Waals surface area contributed by atoms with E-state index in [0.29, 0.717) is 16.5 Å². The molecule has 1 fully saturated rings. The summed E-state index contributed by atoms with van der Waals surface area (Å²) in [5.41, 5.74) is 0.823. The van der Waals surface area contributed by atoms with Gasteiger partial charge in [0.25, 0.3) is 0 Å². The fourth-order valence-corrected chi connectivity index (χ4v) is 3.30. The maximum absolute atomic E-state index is 11.8. The third-order valence-corrected chi connectivity index (χ3v) is 4.45. The summed E-state index contributed by atoms with van der Waals surface area (Å²) < 4.78 is 23.5. The zero-order valence-electron chi connectivity index (χ0n) is 10.3. The number of nitrogens with zero attached hydrogens (tertiary/aromatic N) is 1. The SMILES string of the molecule is CS(=O)(=O)c1cc(Cl)ccc1CN1CCNCC1.